The molecule has 0 heterocycles. The van der Waals surface area contributed by atoms with E-state index in [4.69, 9.17) is 5.73 Å². The molecule has 156 valence electrons. The predicted octanol–water partition coefficient (Wildman–Crippen LogP) is 1.02. The largest absolute Gasteiger partial charge is 0.508 e. The fraction of sp³-hybridized carbons (Fsp3) is 0.550. The zero-order chi connectivity index (χ0) is 21.4. The maximum atomic E-state index is 12.6. The minimum Gasteiger partial charge on any atom is -0.508 e. The normalized spacial score (nSPS) is 14.4. The summed E-state index contributed by atoms with van der Waals surface area (Å²) in [6, 6.07) is 3.54. The maximum Gasteiger partial charge on any atom is 0.326 e. The van der Waals surface area contributed by atoms with Crippen molar-refractivity contribution in [2.24, 2.45) is 17.6 Å². The number of aliphatic carboxylic acids is 1. The Hall–Kier alpha value is -2.61. The van der Waals surface area contributed by atoms with Crippen LogP contribution in [0.4, 0.5) is 0 Å². The molecule has 0 aliphatic heterocycles. The van der Waals surface area contributed by atoms with Gasteiger partial charge in [-0.25, -0.2) is 4.79 Å². The lowest BCUT2D eigenvalue weighted by molar-refractivity contribution is -0.143. The Morgan fingerprint density at radius 1 is 1.00 bits per heavy atom. The van der Waals surface area contributed by atoms with Crippen LogP contribution in [-0.2, 0) is 20.8 Å². The van der Waals surface area contributed by atoms with E-state index in [1.807, 2.05) is 13.8 Å². The smallest absolute Gasteiger partial charge is 0.326 e. The lowest BCUT2D eigenvalue weighted by Crippen LogP contribution is -2.56. The lowest BCUT2D eigenvalue weighted by Gasteiger charge is -2.26. The van der Waals surface area contributed by atoms with Gasteiger partial charge in [0.05, 0.1) is 6.04 Å². The molecule has 0 radical (unpaired) electrons. The molecular formula is C20H31N3O5. The summed E-state index contributed by atoms with van der Waals surface area (Å²) < 4.78 is 0. The van der Waals surface area contributed by atoms with Crippen LogP contribution in [0.5, 0.6) is 5.75 Å². The molecule has 0 saturated carbocycles. The molecule has 0 fully saturated rings. The van der Waals surface area contributed by atoms with Gasteiger partial charge in [-0.1, -0.05) is 39.8 Å². The lowest BCUT2D eigenvalue weighted by atomic mass is 9.99. The van der Waals surface area contributed by atoms with Gasteiger partial charge in [0.1, 0.15) is 17.8 Å². The van der Waals surface area contributed by atoms with Crippen molar-refractivity contribution in [2.45, 2.75) is 58.7 Å². The number of carbonyl (C=O) groups is 3. The zero-order valence-electron chi connectivity index (χ0n) is 16.8. The van der Waals surface area contributed by atoms with Gasteiger partial charge < -0.3 is 26.6 Å². The first-order valence-electron chi connectivity index (χ1n) is 9.38. The van der Waals surface area contributed by atoms with E-state index in [1.165, 1.54) is 12.1 Å². The van der Waals surface area contributed by atoms with E-state index in [9.17, 15) is 24.6 Å². The number of rotatable bonds is 10. The molecular weight excluding hydrogens is 362 g/mol. The SMILES string of the molecule is CC(C)C[C@H](NC(=O)[C@@H](NC(=O)[C@@H](N)Cc1ccc(O)cc1)C(C)C)C(=O)O. The number of benzene rings is 1. The van der Waals surface area contributed by atoms with Crippen molar-refractivity contribution in [1.29, 1.82) is 0 Å². The van der Waals surface area contributed by atoms with Crippen molar-refractivity contribution < 1.29 is 24.6 Å². The molecule has 0 bridgehead atoms. The zero-order valence-corrected chi connectivity index (χ0v) is 16.8. The van der Waals surface area contributed by atoms with Crippen LogP contribution >= 0.6 is 0 Å². The van der Waals surface area contributed by atoms with Crippen molar-refractivity contribution in [2.75, 3.05) is 0 Å². The van der Waals surface area contributed by atoms with Crippen molar-refractivity contribution in [3.05, 3.63) is 29.8 Å². The van der Waals surface area contributed by atoms with Gasteiger partial charge in [-0.3, -0.25) is 9.59 Å². The topological polar surface area (TPSA) is 142 Å². The van der Waals surface area contributed by atoms with Gasteiger partial charge in [-0.2, -0.15) is 0 Å². The molecule has 0 aromatic heterocycles. The van der Waals surface area contributed by atoms with E-state index in [0.29, 0.717) is 6.42 Å². The number of hydrogen-bond acceptors (Lipinski definition) is 5. The van der Waals surface area contributed by atoms with Crippen LogP contribution in [0.3, 0.4) is 0 Å². The maximum absolute atomic E-state index is 12.6. The average Bonchev–Trinajstić information content (AvgIpc) is 2.59. The Labute approximate surface area is 165 Å². The number of carboxylic acids is 1. The summed E-state index contributed by atoms with van der Waals surface area (Å²) in [7, 11) is 0. The van der Waals surface area contributed by atoms with E-state index in [-0.39, 0.29) is 24.0 Å². The second-order valence-electron chi connectivity index (χ2n) is 7.74. The van der Waals surface area contributed by atoms with Crippen LogP contribution in [0.1, 0.15) is 39.7 Å². The first-order valence-corrected chi connectivity index (χ1v) is 9.38. The summed E-state index contributed by atoms with van der Waals surface area (Å²) in [5.74, 6) is -2.20. The molecule has 8 nitrogen and oxygen atoms in total. The van der Waals surface area contributed by atoms with Crippen molar-refractivity contribution in [3.8, 4) is 5.75 Å². The molecule has 1 aromatic carbocycles. The third kappa shape index (κ3) is 7.56. The highest BCUT2D eigenvalue weighted by molar-refractivity contribution is 5.92. The van der Waals surface area contributed by atoms with Crippen LogP contribution in [0, 0.1) is 11.8 Å². The Kier molecular flexibility index (Phi) is 8.91. The minimum atomic E-state index is -1.11. The number of phenolic OH excluding ortho intramolecular Hbond substituents is 1. The molecule has 1 rings (SSSR count). The highest BCUT2D eigenvalue weighted by Crippen LogP contribution is 2.12. The van der Waals surface area contributed by atoms with Crippen molar-refractivity contribution >= 4 is 17.8 Å². The number of nitrogens with one attached hydrogen (secondary N) is 2. The summed E-state index contributed by atoms with van der Waals surface area (Å²) in [4.78, 5) is 36.4. The van der Waals surface area contributed by atoms with Crippen LogP contribution in [0.25, 0.3) is 0 Å². The molecule has 0 aliphatic rings. The summed E-state index contributed by atoms with van der Waals surface area (Å²) >= 11 is 0. The van der Waals surface area contributed by atoms with Crippen LogP contribution in [0.2, 0.25) is 0 Å². The highest BCUT2D eigenvalue weighted by atomic mass is 16.4. The van der Waals surface area contributed by atoms with Gasteiger partial charge in [-0.05, 0) is 42.4 Å². The monoisotopic (exact) mass is 393 g/mol. The second kappa shape index (κ2) is 10.7. The molecule has 28 heavy (non-hydrogen) atoms. The number of amides is 2. The van der Waals surface area contributed by atoms with Gasteiger partial charge in [0.2, 0.25) is 11.8 Å². The fourth-order valence-corrected chi connectivity index (χ4v) is 2.73. The molecule has 0 unspecified atom stereocenters. The first-order chi connectivity index (χ1) is 13.0. The number of phenols is 1. The van der Waals surface area contributed by atoms with Gasteiger partial charge in [0.15, 0.2) is 0 Å². The molecule has 8 heteroatoms. The predicted molar refractivity (Wildman–Crippen MR) is 106 cm³/mol. The van der Waals surface area contributed by atoms with Crippen LogP contribution in [0.15, 0.2) is 24.3 Å². The number of hydrogen-bond donors (Lipinski definition) is 5. The van der Waals surface area contributed by atoms with E-state index in [2.05, 4.69) is 10.6 Å². The summed E-state index contributed by atoms with van der Waals surface area (Å²) in [6.07, 6.45) is 0.532. The fourth-order valence-electron chi connectivity index (χ4n) is 2.73. The minimum absolute atomic E-state index is 0.0900. The third-order valence-corrected chi connectivity index (χ3v) is 4.30. The van der Waals surface area contributed by atoms with Crippen molar-refractivity contribution in [3.63, 3.8) is 0 Å². The number of aromatic hydroxyl groups is 1. The third-order valence-electron chi connectivity index (χ3n) is 4.30. The Bertz CT molecular complexity index is 673. The summed E-state index contributed by atoms with van der Waals surface area (Å²) in [5.41, 5.74) is 6.72. The molecule has 0 aliphatic carbocycles. The Morgan fingerprint density at radius 2 is 1.57 bits per heavy atom. The summed E-state index contributed by atoms with van der Waals surface area (Å²) in [5, 5.41) is 23.7. The number of carbonyl (C=O) groups excluding carboxylic acids is 2. The van der Waals surface area contributed by atoms with Gasteiger partial charge >= 0.3 is 5.97 Å². The molecule has 2 amide bonds. The number of nitrogens with two attached hydrogens (primary N) is 1. The van der Waals surface area contributed by atoms with Crippen LogP contribution in [-0.4, -0.2) is 46.1 Å². The van der Waals surface area contributed by atoms with Crippen molar-refractivity contribution in [1.82, 2.24) is 10.6 Å². The Morgan fingerprint density at radius 3 is 2.04 bits per heavy atom. The van der Waals surface area contributed by atoms with Gasteiger partial charge in [0, 0.05) is 0 Å². The molecule has 3 atom stereocenters. The number of carboxylic acid groups (broad SMARTS) is 1. The van der Waals surface area contributed by atoms with E-state index in [1.54, 1.807) is 26.0 Å². The van der Waals surface area contributed by atoms with Crippen LogP contribution < -0.4 is 16.4 Å². The summed E-state index contributed by atoms with van der Waals surface area (Å²) in [6.45, 7) is 7.25. The molecule has 6 N–H and O–H groups in total. The van der Waals surface area contributed by atoms with E-state index >= 15 is 0 Å². The van der Waals surface area contributed by atoms with E-state index in [0.717, 1.165) is 5.56 Å². The molecule has 0 saturated heterocycles. The molecule has 0 spiro atoms. The molecule has 1 aromatic rings. The second-order valence-corrected chi connectivity index (χ2v) is 7.74. The quantitative estimate of drug-likeness (QED) is 0.402. The average molecular weight is 393 g/mol. The standard InChI is InChI=1S/C20H31N3O5/c1-11(2)9-16(20(27)28)22-19(26)17(12(3)4)23-18(25)15(21)10-13-5-7-14(24)8-6-13/h5-8,11-12,15-17,24H,9-10,21H2,1-4H3,(H,22,26)(H,23,25)(H,27,28)/t15-,16-,17-/m0/s1. The highest BCUT2D eigenvalue weighted by Gasteiger charge is 2.30. The first kappa shape index (κ1) is 23.4. The van der Waals surface area contributed by atoms with Gasteiger partial charge in [-0.15, -0.1) is 0 Å². The van der Waals surface area contributed by atoms with E-state index < -0.39 is 35.9 Å². The van der Waals surface area contributed by atoms with Gasteiger partial charge in [0.25, 0.3) is 0 Å². The Balaban J connectivity index is 2.76.